The van der Waals surface area contributed by atoms with Crippen LogP contribution in [-0.2, 0) is 0 Å². The normalized spacial score (nSPS) is 34.5. The Morgan fingerprint density at radius 3 is 1.94 bits per heavy atom. The fourth-order valence-corrected chi connectivity index (χ4v) is 3.05. The summed E-state index contributed by atoms with van der Waals surface area (Å²) in [5.41, 5.74) is 0.430. The van der Waals surface area contributed by atoms with Gasteiger partial charge in [-0.3, -0.25) is 4.90 Å². The smallest absolute Gasteiger partial charge is 0.0181 e. The van der Waals surface area contributed by atoms with E-state index in [-0.39, 0.29) is 0 Å². The Morgan fingerprint density at radius 2 is 1.50 bits per heavy atom. The number of nitrogens with one attached hydrogen (secondary N) is 1. The van der Waals surface area contributed by atoms with Crippen molar-refractivity contribution in [2.24, 2.45) is 17.8 Å². The minimum absolute atomic E-state index is 0.430. The molecule has 2 heteroatoms. The molecule has 0 radical (unpaired) electrons. The molecule has 2 atom stereocenters. The van der Waals surface area contributed by atoms with Crippen LogP contribution in [0.15, 0.2) is 0 Å². The van der Waals surface area contributed by atoms with Crippen molar-refractivity contribution in [2.75, 3.05) is 26.2 Å². The van der Waals surface area contributed by atoms with Gasteiger partial charge in [0.2, 0.25) is 0 Å². The van der Waals surface area contributed by atoms with Gasteiger partial charge in [-0.2, -0.15) is 0 Å². The second kappa shape index (κ2) is 4.66. The summed E-state index contributed by atoms with van der Waals surface area (Å²) < 4.78 is 0. The molecule has 1 saturated heterocycles. The highest BCUT2D eigenvalue weighted by Crippen LogP contribution is 2.43. The van der Waals surface area contributed by atoms with Gasteiger partial charge in [0.1, 0.15) is 0 Å². The van der Waals surface area contributed by atoms with Gasteiger partial charge in [0.15, 0.2) is 0 Å². The molecule has 16 heavy (non-hydrogen) atoms. The maximum atomic E-state index is 3.58. The van der Waals surface area contributed by atoms with Gasteiger partial charge in [-0.05, 0) is 57.5 Å². The number of nitrogens with zero attached hydrogens (tertiary/aromatic N) is 1. The van der Waals surface area contributed by atoms with Gasteiger partial charge >= 0.3 is 0 Å². The highest BCUT2D eigenvalue weighted by molar-refractivity contribution is 4.97. The Balaban J connectivity index is 2.03. The quantitative estimate of drug-likeness (QED) is 0.774. The molecule has 1 heterocycles. The van der Waals surface area contributed by atoms with Gasteiger partial charge in [-0.15, -0.1) is 0 Å². The van der Waals surface area contributed by atoms with Crippen molar-refractivity contribution in [3.63, 3.8) is 0 Å². The first kappa shape index (κ1) is 12.4. The largest absolute Gasteiger partial charge is 0.316 e. The third-order valence-electron chi connectivity index (χ3n) is 4.44. The molecule has 0 aromatic rings. The summed E-state index contributed by atoms with van der Waals surface area (Å²) in [7, 11) is 0. The second-order valence-corrected chi connectivity index (χ2v) is 6.70. The average molecular weight is 224 g/mol. The third-order valence-corrected chi connectivity index (χ3v) is 4.44. The summed E-state index contributed by atoms with van der Waals surface area (Å²) in [6, 6.07) is 0. The molecule has 2 nitrogen and oxygen atoms in total. The molecule has 2 rings (SSSR count). The van der Waals surface area contributed by atoms with E-state index in [9.17, 15) is 0 Å². The molecule has 1 saturated carbocycles. The topological polar surface area (TPSA) is 15.3 Å². The summed E-state index contributed by atoms with van der Waals surface area (Å²) in [6.07, 6.45) is 2.90. The first-order valence-electron chi connectivity index (χ1n) is 6.96. The van der Waals surface area contributed by atoms with Crippen molar-refractivity contribution >= 4 is 0 Å². The van der Waals surface area contributed by atoms with Crippen LogP contribution in [0.4, 0.5) is 0 Å². The van der Waals surface area contributed by atoms with Crippen molar-refractivity contribution in [2.45, 2.75) is 46.1 Å². The molecule has 0 amide bonds. The van der Waals surface area contributed by atoms with E-state index in [2.05, 4.69) is 37.9 Å². The van der Waals surface area contributed by atoms with Gasteiger partial charge < -0.3 is 5.32 Å². The predicted molar refractivity (Wildman–Crippen MR) is 69.6 cm³/mol. The van der Waals surface area contributed by atoms with Crippen molar-refractivity contribution < 1.29 is 0 Å². The summed E-state index contributed by atoms with van der Waals surface area (Å²) in [5.74, 6) is 2.52. The van der Waals surface area contributed by atoms with Crippen molar-refractivity contribution in [3.8, 4) is 0 Å². The van der Waals surface area contributed by atoms with Crippen LogP contribution in [0.1, 0.15) is 40.5 Å². The lowest BCUT2D eigenvalue weighted by atomic mass is 9.92. The fourth-order valence-electron chi connectivity index (χ4n) is 3.05. The molecule has 2 aliphatic rings. The zero-order chi connectivity index (χ0) is 11.8. The van der Waals surface area contributed by atoms with E-state index in [0.717, 1.165) is 17.8 Å². The molecular weight excluding hydrogens is 196 g/mol. The van der Waals surface area contributed by atoms with Gasteiger partial charge in [0.05, 0.1) is 0 Å². The molecule has 0 aromatic heterocycles. The Morgan fingerprint density at radius 1 is 1.00 bits per heavy atom. The van der Waals surface area contributed by atoms with Crippen LogP contribution in [0.2, 0.25) is 0 Å². The zero-order valence-corrected chi connectivity index (χ0v) is 11.4. The van der Waals surface area contributed by atoms with Crippen LogP contribution in [0.3, 0.4) is 0 Å². The van der Waals surface area contributed by atoms with Gasteiger partial charge in [0.25, 0.3) is 0 Å². The Hall–Kier alpha value is -0.0800. The highest BCUT2D eigenvalue weighted by atomic mass is 15.2. The minimum Gasteiger partial charge on any atom is -0.316 e. The van der Waals surface area contributed by atoms with Crippen molar-refractivity contribution in [1.82, 2.24) is 10.2 Å². The molecule has 0 spiro atoms. The maximum Gasteiger partial charge on any atom is 0.0181 e. The van der Waals surface area contributed by atoms with Gasteiger partial charge in [-0.1, -0.05) is 13.8 Å². The van der Waals surface area contributed by atoms with Crippen LogP contribution in [0.25, 0.3) is 0 Å². The second-order valence-electron chi connectivity index (χ2n) is 6.70. The fraction of sp³-hybridized carbons (Fsp3) is 1.00. The number of hydrogen-bond acceptors (Lipinski definition) is 2. The first-order valence-corrected chi connectivity index (χ1v) is 6.96. The van der Waals surface area contributed by atoms with E-state index in [0.29, 0.717) is 5.54 Å². The lowest BCUT2D eigenvalue weighted by molar-refractivity contribution is 0.0591. The molecule has 1 N–H and O–H groups in total. The first-order chi connectivity index (χ1) is 7.50. The number of hydrogen-bond donors (Lipinski definition) is 1. The summed E-state index contributed by atoms with van der Waals surface area (Å²) in [5, 5.41) is 3.58. The molecule has 0 aromatic carbocycles. The van der Waals surface area contributed by atoms with Crippen molar-refractivity contribution in [3.05, 3.63) is 0 Å². The zero-order valence-electron chi connectivity index (χ0n) is 11.4. The Kier molecular flexibility index (Phi) is 3.60. The third kappa shape index (κ3) is 2.78. The van der Waals surface area contributed by atoms with Crippen LogP contribution in [0, 0.1) is 17.8 Å². The maximum absolute atomic E-state index is 3.58. The van der Waals surface area contributed by atoms with Crippen LogP contribution in [-0.4, -0.2) is 36.6 Å². The summed E-state index contributed by atoms with van der Waals surface area (Å²) >= 11 is 0. The standard InChI is InChI=1S/C14H28N2/c1-11-7-15-8-12(2)10-16(9-11)14(3,4)13-5-6-13/h11-13,15H,5-10H2,1-4H3. The Labute approximate surface area is 101 Å². The monoisotopic (exact) mass is 224 g/mol. The van der Waals surface area contributed by atoms with Crippen molar-refractivity contribution in [1.29, 1.82) is 0 Å². The summed E-state index contributed by atoms with van der Waals surface area (Å²) in [6.45, 7) is 14.6. The van der Waals surface area contributed by atoms with Crippen LogP contribution >= 0.6 is 0 Å². The minimum atomic E-state index is 0.430. The molecule has 0 bridgehead atoms. The van der Waals surface area contributed by atoms with Crippen LogP contribution in [0.5, 0.6) is 0 Å². The number of rotatable bonds is 2. The SMILES string of the molecule is CC1CNCC(C)CN(C(C)(C)C2CC2)C1. The molecule has 2 fully saturated rings. The Bertz CT molecular complexity index is 221. The van der Waals surface area contributed by atoms with Crippen LogP contribution < -0.4 is 5.32 Å². The molecule has 2 unspecified atom stereocenters. The van der Waals surface area contributed by atoms with E-state index < -0.39 is 0 Å². The highest BCUT2D eigenvalue weighted by Gasteiger charge is 2.42. The van der Waals surface area contributed by atoms with E-state index in [4.69, 9.17) is 0 Å². The lowest BCUT2D eigenvalue weighted by Gasteiger charge is -2.43. The molecular formula is C14H28N2. The van der Waals surface area contributed by atoms with E-state index in [1.54, 1.807) is 0 Å². The van der Waals surface area contributed by atoms with Gasteiger partial charge in [0, 0.05) is 18.6 Å². The van der Waals surface area contributed by atoms with E-state index >= 15 is 0 Å². The molecule has 1 aliphatic heterocycles. The lowest BCUT2D eigenvalue weighted by Crippen LogP contribution is -2.53. The molecule has 94 valence electrons. The van der Waals surface area contributed by atoms with E-state index in [1.165, 1.54) is 39.0 Å². The van der Waals surface area contributed by atoms with Gasteiger partial charge in [-0.25, -0.2) is 0 Å². The van der Waals surface area contributed by atoms with E-state index in [1.807, 2.05) is 0 Å². The summed E-state index contributed by atoms with van der Waals surface area (Å²) in [4.78, 5) is 2.76. The average Bonchev–Trinajstić information content (AvgIpc) is 2.96. The predicted octanol–water partition coefficient (Wildman–Crippen LogP) is 2.35. The molecule has 1 aliphatic carbocycles.